The molecule has 6 heteroatoms. The van der Waals surface area contributed by atoms with Gasteiger partial charge in [-0.2, -0.15) is 5.26 Å². The number of carbonyl (C=O) groups is 1. The predicted octanol–water partition coefficient (Wildman–Crippen LogP) is 6.08. The van der Waals surface area contributed by atoms with Gasteiger partial charge in [-0.15, -0.1) is 0 Å². The van der Waals surface area contributed by atoms with Crippen LogP contribution in [0.25, 0.3) is 11.6 Å². The number of allylic oxidation sites excluding steroid dienone is 1. The van der Waals surface area contributed by atoms with Crippen LogP contribution in [-0.2, 0) is 4.79 Å². The first-order chi connectivity index (χ1) is 14.1. The molecule has 0 spiro atoms. The van der Waals surface area contributed by atoms with Crippen molar-refractivity contribution in [2.24, 2.45) is 0 Å². The standard InChI is InChI=1S/C23H16Cl2N2O2/c24-20-11-10-19(13-21(20)25)27-23(28)15-29-22-9-5-4-8-17(22)12-18(14-26)16-6-2-1-3-7-16/h1-13H,15H2,(H,27,28)/b18-12+. The Morgan fingerprint density at radius 3 is 2.45 bits per heavy atom. The van der Waals surface area contributed by atoms with E-state index in [1.54, 1.807) is 36.4 Å². The highest BCUT2D eigenvalue weighted by Crippen LogP contribution is 2.26. The number of rotatable bonds is 6. The Balaban J connectivity index is 1.72. The van der Waals surface area contributed by atoms with Gasteiger partial charge in [-0.05, 0) is 35.9 Å². The summed E-state index contributed by atoms with van der Waals surface area (Å²) >= 11 is 11.8. The number of para-hydroxylation sites is 1. The highest BCUT2D eigenvalue weighted by molar-refractivity contribution is 6.42. The fourth-order valence-corrected chi connectivity index (χ4v) is 2.90. The lowest BCUT2D eigenvalue weighted by atomic mass is 10.0. The van der Waals surface area contributed by atoms with Crippen molar-refractivity contribution in [1.29, 1.82) is 5.26 Å². The molecule has 0 bridgehead atoms. The van der Waals surface area contributed by atoms with Crippen LogP contribution < -0.4 is 10.1 Å². The maximum absolute atomic E-state index is 12.2. The topological polar surface area (TPSA) is 62.1 Å². The minimum atomic E-state index is -0.342. The SMILES string of the molecule is N#C/C(=C\c1ccccc1OCC(=O)Nc1ccc(Cl)c(Cl)c1)c1ccccc1. The van der Waals surface area contributed by atoms with Crippen molar-refractivity contribution in [2.45, 2.75) is 0 Å². The average Bonchev–Trinajstić information content (AvgIpc) is 2.74. The van der Waals surface area contributed by atoms with Crippen LogP contribution in [0.2, 0.25) is 10.0 Å². The molecule has 3 aromatic rings. The Hall–Kier alpha value is -3.26. The Morgan fingerprint density at radius 2 is 1.72 bits per heavy atom. The molecule has 0 saturated heterocycles. The Kier molecular flexibility index (Phi) is 6.91. The Labute approximate surface area is 179 Å². The zero-order valence-electron chi connectivity index (χ0n) is 15.2. The molecular weight excluding hydrogens is 407 g/mol. The van der Waals surface area contributed by atoms with Crippen molar-refractivity contribution >= 4 is 46.4 Å². The maximum atomic E-state index is 12.2. The molecule has 0 aliphatic rings. The first-order valence-corrected chi connectivity index (χ1v) is 9.46. The summed E-state index contributed by atoms with van der Waals surface area (Å²) in [6.07, 6.45) is 1.74. The van der Waals surface area contributed by atoms with Gasteiger partial charge >= 0.3 is 0 Å². The van der Waals surface area contributed by atoms with E-state index in [1.165, 1.54) is 0 Å². The van der Waals surface area contributed by atoms with Gasteiger partial charge in [0, 0.05) is 11.3 Å². The Morgan fingerprint density at radius 1 is 1.00 bits per heavy atom. The number of amides is 1. The van der Waals surface area contributed by atoms with Gasteiger partial charge in [0.2, 0.25) is 0 Å². The quantitative estimate of drug-likeness (QED) is 0.386. The summed E-state index contributed by atoms with van der Waals surface area (Å²) in [4.78, 5) is 12.2. The monoisotopic (exact) mass is 422 g/mol. The summed E-state index contributed by atoms with van der Waals surface area (Å²) in [6.45, 7) is -0.196. The highest BCUT2D eigenvalue weighted by Gasteiger charge is 2.09. The lowest BCUT2D eigenvalue weighted by molar-refractivity contribution is -0.118. The Bertz CT molecular complexity index is 1090. The molecule has 0 aliphatic heterocycles. The second-order valence-electron chi connectivity index (χ2n) is 6.04. The second kappa shape index (κ2) is 9.79. The number of nitriles is 1. The molecule has 0 radical (unpaired) electrons. The molecule has 1 amide bonds. The molecule has 3 aromatic carbocycles. The van der Waals surface area contributed by atoms with E-state index in [2.05, 4.69) is 11.4 Å². The van der Waals surface area contributed by atoms with Crippen molar-refractivity contribution in [3.8, 4) is 11.8 Å². The number of hydrogen-bond acceptors (Lipinski definition) is 3. The van der Waals surface area contributed by atoms with Gasteiger partial charge in [-0.1, -0.05) is 71.7 Å². The van der Waals surface area contributed by atoms with Gasteiger partial charge in [0.05, 0.1) is 21.7 Å². The zero-order valence-corrected chi connectivity index (χ0v) is 16.7. The highest BCUT2D eigenvalue weighted by atomic mass is 35.5. The minimum Gasteiger partial charge on any atom is -0.483 e. The molecular formula is C23H16Cl2N2O2. The van der Waals surface area contributed by atoms with Crippen molar-refractivity contribution in [3.05, 3.63) is 94.0 Å². The number of halogens is 2. The molecule has 144 valence electrons. The molecule has 0 aliphatic carbocycles. The summed E-state index contributed by atoms with van der Waals surface area (Å²) in [5, 5.41) is 13.0. The van der Waals surface area contributed by atoms with Crippen molar-refractivity contribution in [2.75, 3.05) is 11.9 Å². The van der Waals surface area contributed by atoms with E-state index in [4.69, 9.17) is 27.9 Å². The lowest BCUT2D eigenvalue weighted by Crippen LogP contribution is -2.20. The van der Waals surface area contributed by atoms with Gasteiger partial charge in [-0.3, -0.25) is 4.79 Å². The third-order valence-electron chi connectivity index (χ3n) is 3.99. The van der Waals surface area contributed by atoms with Gasteiger partial charge in [0.15, 0.2) is 6.61 Å². The van der Waals surface area contributed by atoms with Gasteiger partial charge in [0.1, 0.15) is 5.75 Å². The number of hydrogen-bond donors (Lipinski definition) is 1. The molecule has 0 saturated carbocycles. The summed E-state index contributed by atoms with van der Waals surface area (Å²) in [5.41, 5.74) is 2.54. The summed E-state index contributed by atoms with van der Waals surface area (Å²) in [7, 11) is 0. The molecule has 0 aromatic heterocycles. The van der Waals surface area contributed by atoms with Gasteiger partial charge in [-0.25, -0.2) is 0 Å². The van der Waals surface area contributed by atoms with Crippen LogP contribution in [0, 0.1) is 11.3 Å². The number of carbonyl (C=O) groups excluding carboxylic acids is 1. The molecule has 0 unspecified atom stereocenters. The molecule has 3 rings (SSSR count). The molecule has 0 heterocycles. The number of nitrogens with zero attached hydrogens (tertiary/aromatic N) is 1. The molecule has 0 fully saturated rings. The van der Waals surface area contributed by atoms with Gasteiger partial charge in [0.25, 0.3) is 5.91 Å². The van der Waals surface area contributed by atoms with Crippen molar-refractivity contribution < 1.29 is 9.53 Å². The minimum absolute atomic E-state index is 0.196. The predicted molar refractivity (Wildman–Crippen MR) is 117 cm³/mol. The van der Waals surface area contributed by atoms with Crippen LogP contribution in [0.15, 0.2) is 72.8 Å². The summed E-state index contributed by atoms with van der Waals surface area (Å²) < 4.78 is 5.68. The normalized spacial score (nSPS) is 10.9. The molecule has 0 atom stereocenters. The van der Waals surface area contributed by atoms with E-state index in [0.29, 0.717) is 32.6 Å². The fourth-order valence-electron chi connectivity index (χ4n) is 2.60. The van der Waals surface area contributed by atoms with Crippen LogP contribution in [0.3, 0.4) is 0 Å². The third-order valence-corrected chi connectivity index (χ3v) is 4.73. The van der Waals surface area contributed by atoms with E-state index in [1.807, 2.05) is 42.5 Å². The van der Waals surface area contributed by atoms with Crippen LogP contribution in [0.1, 0.15) is 11.1 Å². The fraction of sp³-hybridized carbons (Fsp3) is 0.0435. The van der Waals surface area contributed by atoms with Crippen molar-refractivity contribution in [1.82, 2.24) is 0 Å². The van der Waals surface area contributed by atoms with E-state index in [0.717, 1.165) is 5.56 Å². The van der Waals surface area contributed by atoms with E-state index < -0.39 is 0 Å². The number of ether oxygens (including phenoxy) is 1. The van der Waals surface area contributed by atoms with Gasteiger partial charge < -0.3 is 10.1 Å². The average molecular weight is 423 g/mol. The lowest BCUT2D eigenvalue weighted by Gasteiger charge is -2.10. The number of anilines is 1. The number of benzene rings is 3. The van der Waals surface area contributed by atoms with Crippen molar-refractivity contribution in [3.63, 3.8) is 0 Å². The zero-order chi connectivity index (χ0) is 20.6. The number of nitrogens with one attached hydrogen (secondary N) is 1. The molecule has 1 N–H and O–H groups in total. The second-order valence-corrected chi connectivity index (χ2v) is 6.85. The smallest absolute Gasteiger partial charge is 0.262 e. The first-order valence-electron chi connectivity index (χ1n) is 8.71. The van der Waals surface area contributed by atoms with Crippen LogP contribution in [-0.4, -0.2) is 12.5 Å². The van der Waals surface area contributed by atoms with E-state index in [-0.39, 0.29) is 12.5 Å². The molecule has 4 nitrogen and oxygen atoms in total. The third kappa shape index (κ3) is 5.61. The van der Waals surface area contributed by atoms with E-state index >= 15 is 0 Å². The van der Waals surface area contributed by atoms with E-state index in [9.17, 15) is 10.1 Å². The van der Waals surface area contributed by atoms with Crippen LogP contribution in [0.5, 0.6) is 5.75 Å². The summed E-state index contributed by atoms with van der Waals surface area (Å²) in [6, 6.07) is 23.6. The maximum Gasteiger partial charge on any atom is 0.262 e. The largest absolute Gasteiger partial charge is 0.483 e. The first kappa shape index (κ1) is 20.5. The van der Waals surface area contributed by atoms with Crippen LogP contribution >= 0.6 is 23.2 Å². The summed E-state index contributed by atoms with van der Waals surface area (Å²) in [5.74, 6) is 0.159. The molecule has 29 heavy (non-hydrogen) atoms. The van der Waals surface area contributed by atoms with Crippen LogP contribution in [0.4, 0.5) is 5.69 Å².